The van der Waals surface area contributed by atoms with Gasteiger partial charge in [0.2, 0.25) is 5.95 Å². The Bertz CT molecular complexity index is 396. The van der Waals surface area contributed by atoms with Gasteiger partial charge < -0.3 is 10.2 Å². The third-order valence-corrected chi connectivity index (χ3v) is 4.32. The van der Waals surface area contributed by atoms with Crippen molar-refractivity contribution >= 4 is 5.95 Å². The van der Waals surface area contributed by atoms with E-state index in [4.69, 9.17) is 0 Å². The Morgan fingerprint density at radius 1 is 1.00 bits per heavy atom. The Kier molecular flexibility index (Phi) is 2.12. The van der Waals surface area contributed by atoms with Crippen LogP contribution in [0.25, 0.3) is 0 Å². The third kappa shape index (κ3) is 1.62. The normalized spacial score (nSPS) is 31.9. The molecule has 3 heterocycles. The third-order valence-electron chi connectivity index (χ3n) is 4.32. The number of nitrogens with one attached hydrogen (secondary N) is 1. The van der Waals surface area contributed by atoms with Gasteiger partial charge in [0.25, 0.3) is 0 Å². The van der Waals surface area contributed by atoms with E-state index in [0.29, 0.717) is 12.1 Å². The van der Waals surface area contributed by atoms with Crippen molar-refractivity contribution in [3.8, 4) is 0 Å². The number of rotatable bonds is 2. The summed E-state index contributed by atoms with van der Waals surface area (Å²) in [5, 5.41) is 3.49. The zero-order valence-electron chi connectivity index (χ0n) is 9.97. The maximum atomic E-state index is 4.59. The van der Waals surface area contributed by atoms with Crippen molar-refractivity contribution in [1.82, 2.24) is 15.3 Å². The van der Waals surface area contributed by atoms with Gasteiger partial charge in [-0.3, -0.25) is 0 Å². The largest absolute Gasteiger partial charge is 0.332 e. The summed E-state index contributed by atoms with van der Waals surface area (Å²) in [6.45, 7) is 2.18. The van der Waals surface area contributed by atoms with Crippen molar-refractivity contribution in [1.29, 1.82) is 0 Å². The minimum atomic E-state index is 0.612. The summed E-state index contributed by atoms with van der Waals surface area (Å²) >= 11 is 0. The molecule has 3 aliphatic rings. The lowest BCUT2D eigenvalue weighted by Crippen LogP contribution is -2.52. The van der Waals surface area contributed by atoms with E-state index < -0.39 is 0 Å². The van der Waals surface area contributed by atoms with Crippen LogP contribution in [0.1, 0.15) is 37.2 Å². The van der Waals surface area contributed by atoms with Crippen molar-refractivity contribution in [2.75, 3.05) is 18.0 Å². The maximum absolute atomic E-state index is 4.59. The van der Waals surface area contributed by atoms with Crippen LogP contribution in [0.3, 0.4) is 0 Å². The van der Waals surface area contributed by atoms with Crippen LogP contribution in [-0.4, -0.2) is 35.1 Å². The Morgan fingerprint density at radius 3 is 2.24 bits per heavy atom. The topological polar surface area (TPSA) is 41.1 Å². The van der Waals surface area contributed by atoms with Crippen LogP contribution < -0.4 is 10.2 Å². The van der Waals surface area contributed by atoms with Gasteiger partial charge in [-0.1, -0.05) is 0 Å². The molecule has 0 amide bonds. The van der Waals surface area contributed by atoms with Gasteiger partial charge in [-0.25, -0.2) is 9.97 Å². The van der Waals surface area contributed by atoms with Gasteiger partial charge in [0.1, 0.15) is 0 Å². The van der Waals surface area contributed by atoms with Crippen LogP contribution in [0.15, 0.2) is 12.4 Å². The lowest BCUT2D eigenvalue weighted by Gasteiger charge is -2.35. The Balaban J connectivity index is 1.61. The average molecular weight is 230 g/mol. The summed E-state index contributed by atoms with van der Waals surface area (Å²) in [6, 6.07) is 1.22. The van der Waals surface area contributed by atoms with E-state index in [1.165, 1.54) is 31.2 Å². The summed E-state index contributed by atoms with van der Waals surface area (Å²) in [4.78, 5) is 11.6. The molecule has 0 radical (unpaired) electrons. The first-order chi connectivity index (χ1) is 8.42. The van der Waals surface area contributed by atoms with Crippen LogP contribution in [-0.2, 0) is 0 Å². The molecule has 1 aliphatic carbocycles. The zero-order chi connectivity index (χ0) is 11.2. The Hall–Kier alpha value is -1.16. The van der Waals surface area contributed by atoms with E-state index in [0.717, 1.165) is 25.0 Å². The van der Waals surface area contributed by atoms with Gasteiger partial charge in [-0.15, -0.1) is 0 Å². The number of hydrogen-bond acceptors (Lipinski definition) is 4. The van der Waals surface area contributed by atoms with E-state index in [2.05, 4.69) is 20.2 Å². The SMILES string of the molecule is c1nc(N2C3CCC2CNC3)ncc1C1CC1. The molecule has 2 bridgehead atoms. The molecule has 90 valence electrons. The molecule has 4 rings (SSSR count). The van der Waals surface area contributed by atoms with Crippen molar-refractivity contribution in [3.63, 3.8) is 0 Å². The Labute approximate surface area is 101 Å². The molecule has 4 heteroatoms. The number of anilines is 1. The number of fused-ring (bicyclic) bond motifs is 2. The minimum Gasteiger partial charge on any atom is -0.332 e. The second-order valence-electron chi connectivity index (χ2n) is 5.54. The van der Waals surface area contributed by atoms with Gasteiger partial charge in [-0.2, -0.15) is 0 Å². The molecule has 2 aliphatic heterocycles. The maximum Gasteiger partial charge on any atom is 0.225 e. The molecule has 2 unspecified atom stereocenters. The molecular weight excluding hydrogens is 212 g/mol. The van der Waals surface area contributed by atoms with Gasteiger partial charge in [0, 0.05) is 37.6 Å². The molecule has 0 aromatic carbocycles. The summed E-state index contributed by atoms with van der Waals surface area (Å²) < 4.78 is 0. The highest BCUT2D eigenvalue weighted by Gasteiger charge is 2.38. The fourth-order valence-corrected chi connectivity index (χ4v) is 3.20. The summed E-state index contributed by atoms with van der Waals surface area (Å²) in [7, 11) is 0. The van der Waals surface area contributed by atoms with E-state index >= 15 is 0 Å². The molecule has 1 N–H and O–H groups in total. The van der Waals surface area contributed by atoms with Gasteiger partial charge in [-0.05, 0) is 37.2 Å². The van der Waals surface area contributed by atoms with E-state index in [1.807, 2.05) is 12.4 Å². The van der Waals surface area contributed by atoms with E-state index in [1.54, 1.807) is 0 Å². The van der Waals surface area contributed by atoms with Gasteiger partial charge in [0.05, 0.1) is 0 Å². The first-order valence-corrected chi connectivity index (χ1v) is 6.73. The monoisotopic (exact) mass is 230 g/mol. The first kappa shape index (κ1) is 9.83. The Morgan fingerprint density at radius 2 is 1.65 bits per heavy atom. The van der Waals surface area contributed by atoms with Crippen LogP contribution in [0.5, 0.6) is 0 Å². The van der Waals surface area contributed by atoms with Crippen LogP contribution in [0, 0.1) is 0 Å². The summed E-state index contributed by atoms with van der Waals surface area (Å²) in [5.41, 5.74) is 1.33. The lowest BCUT2D eigenvalue weighted by molar-refractivity contribution is 0.477. The molecule has 2 atom stereocenters. The minimum absolute atomic E-state index is 0.612. The number of piperazine rings is 1. The van der Waals surface area contributed by atoms with Crippen LogP contribution in [0.2, 0.25) is 0 Å². The van der Waals surface area contributed by atoms with Crippen molar-refractivity contribution in [3.05, 3.63) is 18.0 Å². The molecule has 3 fully saturated rings. The molecule has 2 saturated heterocycles. The predicted octanol–water partition coefficient (Wildman–Crippen LogP) is 1.29. The summed E-state index contributed by atoms with van der Waals surface area (Å²) in [5.74, 6) is 1.70. The molecular formula is C13H18N4. The molecule has 17 heavy (non-hydrogen) atoms. The molecule has 0 spiro atoms. The molecule has 1 aromatic heterocycles. The molecule has 1 saturated carbocycles. The van der Waals surface area contributed by atoms with Crippen molar-refractivity contribution in [2.45, 2.75) is 43.7 Å². The highest BCUT2D eigenvalue weighted by atomic mass is 15.3. The first-order valence-electron chi connectivity index (χ1n) is 6.73. The highest BCUT2D eigenvalue weighted by molar-refractivity contribution is 5.38. The second-order valence-corrected chi connectivity index (χ2v) is 5.54. The van der Waals surface area contributed by atoms with Gasteiger partial charge >= 0.3 is 0 Å². The van der Waals surface area contributed by atoms with Crippen molar-refractivity contribution < 1.29 is 0 Å². The quantitative estimate of drug-likeness (QED) is 0.831. The fraction of sp³-hybridized carbons (Fsp3) is 0.692. The van der Waals surface area contributed by atoms with Crippen LogP contribution >= 0.6 is 0 Å². The fourth-order valence-electron chi connectivity index (χ4n) is 3.20. The molecule has 4 nitrogen and oxygen atoms in total. The van der Waals surface area contributed by atoms with Crippen molar-refractivity contribution in [2.24, 2.45) is 0 Å². The van der Waals surface area contributed by atoms with Gasteiger partial charge in [0.15, 0.2) is 0 Å². The van der Waals surface area contributed by atoms with E-state index in [-0.39, 0.29) is 0 Å². The summed E-state index contributed by atoms with van der Waals surface area (Å²) in [6.07, 6.45) is 9.29. The zero-order valence-corrected chi connectivity index (χ0v) is 9.97. The number of hydrogen-bond donors (Lipinski definition) is 1. The van der Waals surface area contributed by atoms with Crippen LogP contribution in [0.4, 0.5) is 5.95 Å². The smallest absolute Gasteiger partial charge is 0.225 e. The molecule has 1 aromatic rings. The predicted molar refractivity (Wildman–Crippen MR) is 66.2 cm³/mol. The lowest BCUT2D eigenvalue weighted by atomic mass is 10.2. The number of nitrogens with zero attached hydrogens (tertiary/aromatic N) is 3. The van der Waals surface area contributed by atoms with E-state index in [9.17, 15) is 0 Å². The second kappa shape index (κ2) is 3.67. The standard InChI is InChI=1S/C13H18N4/c1-2-9(1)10-5-15-13(16-6-10)17-11-3-4-12(17)8-14-7-11/h5-6,9,11-12,14H,1-4,7-8H2. The number of aromatic nitrogens is 2. The average Bonchev–Trinajstić information content (AvgIpc) is 3.17. The highest BCUT2D eigenvalue weighted by Crippen LogP contribution is 2.39.